The molecule has 0 aromatic heterocycles. The van der Waals surface area contributed by atoms with E-state index in [4.69, 9.17) is 15.3 Å². The number of carbonyl (C=O) groups excluding carboxylic acids is 6. The molecule has 0 heterocycles. The number of carbonyl (C=O) groups is 6. The Balaban J connectivity index is -0.0000000960. The topological polar surface area (TPSA) is 301 Å². The summed E-state index contributed by atoms with van der Waals surface area (Å²) in [5.41, 5.74) is 0. The third kappa shape index (κ3) is 32.3. The Morgan fingerprint density at radius 2 is 0.621 bits per heavy atom. The van der Waals surface area contributed by atoms with Crippen LogP contribution in [-0.2, 0) is 28.8 Å². The van der Waals surface area contributed by atoms with Gasteiger partial charge in [-0.1, -0.05) is 0 Å². The molecular formula is C12H12Nd2O15. The van der Waals surface area contributed by atoms with Crippen molar-refractivity contribution in [3.63, 3.8) is 0 Å². The van der Waals surface area contributed by atoms with Crippen LogP contribution in [-0.4, -0.2) is 69.4 Å². The Labute approximate surface area is 227 Å². The monoisotopic (exact) mass is 680 g/mol. The predicted molar refractivity (Wildman–Crippen MR) is 61.9 cm³/mol. The molecule has 0 amide bonds. The fourth-order valence-electron chi connectivity index (χ4n) is 0.724. The minimum Gasteiger partial charge on any atom is -0.550 e. The second kappa shape index (κ2) is 22.1. The smallest absolute Gasteiger partial charge is 0.550 e. The van der Waals surface area contributed by atoms with Crippen molar-refractivity contribution in [1.29, 1.82) is 0 Å². The Kier molecular flexibility index (Phi) is 29.7. The van der Waals surface area contributed by atoms with Gasteiger partial charge in [0.05, 0.1) is 36.2 Å². The van der Waals surface area contributed by atoms with Crippen molar-refractivity contribution < 1.29 is 156 Å². The second-order valence-corrected chi connectivity index (χ2v) is 4.23. The van der Waals surface area contributed by atoms with Gasteiger partial charge in [-0.2, -0.15) is 0 Å². The molecule has 158 valence electrons. The molecule has 17 heteroatoms. The van der Waals surface area contributed by atoms with Crippen molar-refractivity contribution in [1.82, 2.24) is 0 Å². The first-order valence-electron chi connectivity index (χ1n) is 6.38. The third-order valence-corrected chi connectivity index (χ3v) is 1.90. The largest absolute Gasteiger partial charge is 3.00 e. The molecule has 2 radical (unpaired) electrons. The van der Waals surface area contributed by atoms with Gasteiger partial charge in [-0.3, -0.25) is 0 Å². The normalized spacial score (nSPS) is 11.7. The van der Waals surface area contributed by atoms with E-state index in [1.807, 2.05) is 0 Å². The molecule has 0 fully saturated rings. The van der Waals surface area contributed by atoms with Gasteiger partial charge in [-0.05, 0) is 0 Å². The average Bonchev–Trinajstić information content (AvgIpc) is 2.46. The van der Waals surface area contributed by atoms with Crippen LogP contribution < -0.4 is 30.6 Å². The van der Waals surface area contributed by atoms with E-state index < -0.39 is 73.4 Å². The standard InChI is InChI=1S/3C4H6O5.2Nd/c3*5-2(4(8)9)1-3(6)7;;/h3*2,5H,1H2,(H,6,7)(H,8,9);;/q;;;2*+3/p-6. The molecule has 0 bridgehead atoms. The van der Waals surface area contributed by atoms with Gasteiger partial charge in [-0.25, -0.2) is 0 Å². The summed E-state index contributed by atoms with van der Waals surface area (Å²) >= 11 is 0. The number of carboxylic acid groups (broad SMARTS) is 6. The molecule has 0 aliphatic carbocycles. The SMILES string of the molecule is O=C([O-])CC(O)C(=O)[O-].O=C([O-])CC(O)C(=O)[O-].O=C([O-])CC(O)C(=O)[O-].[Nd+3].[Nd+3]. The van der Waals surface area contributed by atoms with E-state index in [0.717, 1.165) is 0 Å². The maximum Gasteiger partial charge on any atom is 3.00 e. The van der Waals surface area contributed by atoms with Crippen LogP contribution in [0.4, 0.5) is 0 Å². The zero-order valence-corrected chi connectivity index (χ0v) is 20.5. The number of aliphatic hydroxyl groups is 3. The van der Waals surface area contributed by atoms with Crippen LogP contribution in [0.5, 0.6) is 0 Å². The van der Waals surface area contributed by atoms with Crippen LogP contribution in [0, 0.1) is 81.7 Å². The minimum atomic E-state index is -1.96. The molecule has 0 saturated carbocycles. The van der Waals surface area contributed by atoms with Gasteiger partial charge in [0.15, 0.2) is 0 Å². The van der Waals surface area contributed by atoms with Gasteiger partial charge >= 0.3 is 81.7 Å². The van der Waals surface area contributed by atoms with Gasteiger partial charge < -0.3 is 74.7 Å². The second-order valence-electron chi connectivity index (χ2n) is 4.23. The van der Waals surface area contributed by atoms with Crippen LogP contribution in [0.1, 0.15) is 19.3 Å². The molecule has 0 aromatic carbocycles. The summed E-state index contributed by atoms with van der Waals surface area (Å²) < 4.78 is 0. The summed E-state index contributed by atoms with van der Waals surface area (Å²) in [5, 5.41) is 82.0. The number of aliphatic hydroxyl groups excluding tert-OH is 3. The Morgan fingerprint density at radius 3 is 0.655 bits per heavy atom. The molecule has 0 aliphatic heterocycles. The summed E-state index contributed by atoms with van der Waals surface area (Å²) in [6, 6.07) is 0. The van der Waals surface area contributed by atoms with E-state index in [-0.39, 0.29) is 81.7 Å². The number of hydrogen-bond acceptors (Lipinski definition) is 15. The van der Waals surface area contributed by atoms with Crippen molar-refractivity contribution >= 4 is 35.8 Å². The van der Waals surface area contributed by atoms with Crippen LogP contribution in [0.25, 0.3) is 0 Å². The van der Waals surface area contributed by atoms with Gasteiger partial charge in [0.1, 0.15) is 0 Å². The number of aliphatic carboxylic acids is 6. The van der Waals surface area contributed by atoms with Crippen LogP contribution in [0.15, 0.2) is 0 Å². The van der Waals surface area contributed by atoms with Gasteiger partial charge in [0, 0.05) is 37.2 Å². The van der Waals surface area contributed by atoms with Crippen molar-refractivity contribution in [2.24, 2.45) is 0 Å². The molecule has 0 spiro atoms. The van der Waals surface area contributed by atoms with Crippen molar-refractivity contribution in [2.45, 2.75) is 37.6 Å². The van der Waals surface area contributed by atoms with Crippen LogP contribution in [0.3, 0.4) is 0 Å². The Bertz CT molecular complexity index is 473. The molecule has 0 aromatic rings. The Morgan fingerprint density at radius 1 is 0.483 bits per heavy atom. The molecule has 0 aliphatic rings. The van der Waals surface area contributed by atoms with E-state index in [1.54, 1.807) is 0 Å². The third-order valence-electron chi connectivity index (χ3n) is 1.90. The molecule has 15 nitrogen and oxygen atoms in total. The molecule has 3 unspecified atom stereocenters. The summed E-state index contributed by atoms with van der Waals surface area (Å²) in [5.74, 6) is -10.3. The van der Waals surface area contributed by atoms with E-state index in [9.17, 15) is 59.4 Å². The van der Waals surface area contributed by atoms with Crippen LogP contribution >= 0.6 is 0 Å². The molecule has 0 saturated heterocycles. The van der Waals surface area contributed by atoms with Gasteiger partial charge in [0.25, 0.3) is 0 Å². The van der Waals surface area contributed by atoms with E-state index >= 15 is 0 Å². The van der Waals surface area contributed by atoms with Gasteiger partial charge in [0.2, 0.25) is 0 Å². The molecule has 3 atom stereocenters. The van der Waals surface area contributed by atoms with E-state index in [0.29, 0.717) is 0 Å². The van der Waals surface area contributed by atoms with E-state index in [2.05, 4.69) is 0 Å². The fraction of sp³-hybridized carbons (Fsp3) is 0.500. The zero-order chi connectivity index (χ0) is 22.3. The quantitative estimate of drug-likeness (QED) is 0.203. The number of rotatable bonds is 9. The molecular weight excluding hydrogens is 673 g/mol. The maximum atomic E-state index is 9.58. The first-order chi connectivity index (χ1) is 12.1. The summed E-state index contributed by atoms with van der Waals surface area (Å²) in [4.78, 5) is 57.4. The van der Waals surface area contributed by atoms with Crippen LogP contribution in [0.2, 0.25) is 0 Å². The first-order valence-corrected chi connectivity index (χ1v) is 6.38. The molecule has 3 N–H and O–H groups in total. The summed E-state index contributed by atoms with van der Waals surface area (Å²) in [6.07, 6.45) is -8.67. The fourth-order valence-corrected chi connectivity index (χ4v) is 0.724. The summed E-state index contributed by atoms with van der Waals surface area (Å²) in [7, 11) is 0. The maximum absolute atomic E-state index is 9.58. The minimum absolute atomic E-state index is 0. The Hall–Kier alpha value is -0.599. The zero-order valence-electron chi connectivity index (χ0n) is 14.1. The number of hydrogen-bond donors (Lipinski definition) is 3. The van der Waals surface area contributed by atoms with Gasteiger partial charge in [-0.15, -0.1) is 0 Å². The first kappa shape index (κ1) is 38.9. The van der Waals surface area contributed by atoms with Crippen molar-refractivity contribution in [3.05, 3.63) is 0 Å². The average molecular weight is 685 g/mol. The summed E-state index contributed by atoms with van der Waals surface area (Å²) in [6.45, 7) is 0. The van der Waals surface area contributed by atoms with Crippen molar-refractivity contribution in [3.8, 4) is 0 Å². The number of carboxylic acids is 6. The molecule has 29 heavy (non-hydrogen) atoms. The molecule has 0 rings (SSSR count). The van der Waals surface area contributed by atoms with E-state index in [1.165, 1.54) is 0 Å². The van der Waals surface area contributed by atoms with Crippen molar-refractivity contribution in [2.75, 3.05) is 0 Å². The predicted octanol–water partition coefficient (Wildman–Crippen LogP) is -11.3.